The number of carbonyl (C=O) groups is 1. The lowest BCUT2D eigenvalue weighted by molar-refractivity contribution is -0.0266. The molecule has 3 aromatic rings. The highest BCUT2D eigenvalue weighted by atomic mass is 16.6. The fourth-order valence-electron chi connectivity index (χ4n) is 5.78. The van der Waals surface area contributed by atoms with Crippen molar-refractivity contribution >= 4 is 11.8 Å². The number of nitrogens with one attached hydrogen (secondary N) is 1. The van der Waals surface area contributed by atoms with E-state index in [1.807, 2.05) is 42.5 Å². The smallest absolute Gasteiger partial charge is 0.407 e. The van der Waals surface area contributed by atoms with Crippen LogP contribution in [0.3, 0.4) is 0 Å². The first-order valence-corrected chi connectivity index (χ1v) is 20.1. The van der Waals surface area contributed by atoms with Gasteiger partial charge < -0.3 is 67.9 Å². The third-order valence-electron chi connectivity index (χ3n) is 8.61. The van der Waals surface area contributed by atoms with Gasteiger partial charge in [-0.25, -0.2) is 4.79 Å². The van der Waals surface area contributed by atoms with Crippen molar-refractivity contribution in [2.24, 2.45) is 0 Å². The van der Waals surface area contributed by atoms with Crippen molar-refractivity contribution in [3.05, 3.63) is 83.9 Å². The molecule has 1 amide bonds. The first-order chi connectivity index (χ1) is 28.7. The minimum atomic E-state index is -0.454. The van der Waals surface area contributed by atoms with Crippen LogP contribution >= 0.6 is 0 Å². The largest absolute Gasteiger partial charge is 0.489 e. The van der Waals surface area contributed by atoms with E-state index in [0.29, 0.717) is 157 Å². The van der Waals surface area contributed by atoms with Crippen molar-refractivity contribution < 1.29 is 61.6 Å². The van der Waals surface area contributed by atoms with Gasteiger partial charge in [0.1, 0.15) is 19.0 Å². The molecule has 0 radical (unpaired) electrons. The Morgan fingerprint density at radius 3 is 1.21 bits per heavy atom. The van der Waals surface area contributed by atoms with Gasteiger partial charge in [-0.2, -0.15) is 0 Å². The highest BCUT2D eigenvalue weighted by Gasteiger charge is 2.29. The molecule has 0 aliphatic heterocycles. The second-order valence-electron chi connectivity index (χ2n) is 12.8. The summed E-state index contributed by atoms with van der Waals surface area (Å²) in [5.41, 5.74) is 11.2. The highest BCUT2D eigenvalue weighted by molar-refractivity contribution is 5.79. The number of para-hydroxylation sites is 2. The van der Waals surface area contributed by atoms with Crippen LogP contribution in [0.25, 0.3) is 11.1 Å². The number of nitrogen functional groups attached to an aromatic ring is 1. The Bertz CT molecular complexity index is 1450. The molecule has 58 heavy (non-hydrogen) atoms. The summed E-state index contributed by atoms with van der Waals surface area (Å²) in [6.07, 6.45) is -0.454. The van der Waals surface area contributed by atoms with Gasteiger partial charge in [-0.05, 0) is 34.4 Å². The van der Waals surface area contributed by atoms with Crippen LogP contribution < -0.4 is 15.8 Å². The third-order valence-corrected chi connectivity index (χ3v) is 8.61. The van der Waals surface area contributed by atoms with Crippen LogP contribution in [-0.2, 0) is 52.1 Å². The predicted octanol–water partition coefficient (Wildman–Crippen LogP) is 4.35. The van der Waals surface area contributed by atoms with Crippen LogP contribution in [0.5, 0.6) is 5.75 Å². The topological polar surface area (TPSA) is 166 Å². The minimum absolute atomic E-state index is 0.0344. The van der Waals surface area contributed by atoms with Gasteiger partial charge in [0.25, 0.3) is 0 Å². The van der Waals surface area contributed by atoms with Crippen LogP contribution in [0.1, 0.15) is 17.0 Å². The maximum absolute atomic E-state index is 12.3. The first kappa shape index (κ1) is 46.8. The summed E-state index contributed by atoms with van der Waals surface area (Å²) >= 11 is 0. The number of alkyl carbamates (subject to hydrolysis) is 1. The minimum Gasteiger partial charge on any atom is -0.489 e. The molecule has 0 fully saturated rings. The normalized spacial score (nSPS) is 12.1. The van der Waals surface area contributed by atoms with Gasteiger partial charge in [-0.15, -0.1) is 0 Å². The van der Waals surface area contributed by atoms with Crippen LogP contribution in [0.15, 0.2) is 72.8 Å². The van der Waals surface area contributed by atoms with Gasteiger partial charge in [0.05, 0.1) is 138 Å². The lowest BCUT2D eigenvalue weighted by Crippen LogP contribution is -2.29. The quantitative estimate of drug-likeness (QED) is 0.0629. The number of ether oxygens (including phenoxy) is 12. The van der Waals surface area contributed by atoms with Crippen molar-refractivity contribution in [2.75, 3.05) is 158 Å². The number of fused-ring (bicyclic) bond motifs is 3. The van der Waals surface area contributed by atoms with Gasteiger partial charge >= 0.3 is 6.09 Å². The molecule has 0 saturated heterocycles. The average molecular weight is 815 g/mol. The van der Waals surface area contributed by atoms with E-state index in [4.69, 9.17) is 62.6 Å². The fraction of sp³-hybridized carbons (Fsp3) is 0.558. The maximum Gasteiger partial charge on any atom is 0.407 e. The lowest BCUT2D eigenvalue weighted by Gasteiger charge is -2.14. The van der Waals surface area contributed by atoms with Crippen LogP contribution in [-0.4, -0.2) is 158 Å². The Morgan fingerprint density at radius 2 is 0.793 bits per heavy atom. The number of nitrogens with two attached hydrogens (primary N) is 1. The van der Waals surface area contributed by atoms with E-state index in [1.165, 1.54) is 22.3 Å². The molecule has 0 bridgehead atoms. The molecule has 322 valence electrons. The van der Waals surface area contributed by atoms with Crippen LogP contribution in [0, 0.1) is 0 Å². The van der Waals surface area contributed by atoms with E-state index >= 15 is 0 Å². The SMILES string of the molecule is Nc1ccccc1OCCOCCOCCOCCOCCOCCOCCOCCOCCOCCOCCNC(=O)OCC1c2ccccc2-c2ccccc21. The Hall–Kier alpha value is -3.87. The van der Waals surface area contributed by atoms with Crippen LogP contribution in [0.2, 0.25) is 0 Å². The number of hydrogen-bond donors (Lipinski definition) is 2. The Kier molecular flexibility index (Phi) is 25.1. The summed E-state index contributed by atoms with van der Waals surface area (Å²) in [6.45, 7) is 10.5. The summed E-state index contributed by atoms with van der Waals surface area (Å²) in [5, 5.41) is 2.74. The molecule has 3 aromatic carbocycles. The van der Waals surface area contributed by atoms with Gasteiger partial charge in [0, 0.05) is 12.5 Å². The Labute approximate surface area is 342 Å². The molecule has 0 spiro atoms. The standard InChI is InChI=1S/C43H62N2O13/c44-41-11-5-6-12-42(41)57-34-33-56-32-31-55-30-29-54-28-27-53-26-25-52-24-23-51-22-21-50-20-19-49-18-17-48-16-15-47-14-13-45-43(46)58-35-40-38-9-3-1-7-36(38)37-8-2-4-10-39(37)40/h1-12,40H,13-35,44H2,(H,45,46). The number of rotatable bonds is 36. The molecule has 0 aromatic heterocycles. The second kappa shape index (κ2) is 31.1. The molecule has 0 unspecified atom stereocenters. The number of amides is 1. The van der Waals surface area contributed by atoms with E-state index in [1.54, 1.807) is 6.07 Å². The highest BCUT2D eigenvalue weighted by Crippen LogP contribution is 2.44. The van der Waals surface area contributed by atoms with Gasteiger partial charge in [-0.1, -0.05) is 60.7 Å². The Morgan fingerprint density at radius 1 is 0.448 bits per heavy atom. The number of benzene rings is 3. The molecule has 1 aliphatic carbocycles. The molecule has 0 saturated carbocycles. The zero-order valence-corrected chi connectivity index (χ0v) is 33.7. The zero-order chi connectivity index (χ0) is 40.6. The van der Waals surface area contributed by atoms with E-state index in [-0.39, 0.29) is 12.5 Å². The molecule has 1 aliphatic rings. The van der Waals surface area contributed by atoms with Crippen molar-refractivity contribution in [1.82, 2.24) is 5.32 Å². The van der Waals surface area contributed by atoms with Crippen molar-refractivity contribution in [2.45, 2.75) is 5.92 Å². The van der Waals surface area contributed by atoms with E-state index < -0.39 is 6.09 Å². The summed E-state index contributed by atoms with van der Waals surface area (Å²) < 4.78 is 66.2. The average Bonchev–Trinajstić information content (AvgIpc) is 3.57. The Balaban J connectivity index is 0.778. The number of hydrogen-bond acceptors (Lipinski definition) is 14. The maximum atomic E-state index is 12.3. The summed E-state index contributed by atoms with van der Waals surface area (Å²) in [6, 6.07) is 23.9. The van der Waals surface area contributed by atoms with E-state index in [0.717, 1.165) is 0 Å². The molecule has 0 heterocycles. The van der Waals surface area contributed by atoms with Gasteiger partial charge in [-0.3, -0.25) is 0 Å². The second-order valence-corrected chi connectivity index (χ2v) is 12.8. The molecule has 0 atom stereocenters. The number of carbonyl (C=O) groups excluding carboxylic acids is 1. The molecule has 15 heteroatoms. The summed E-state index contributed by atoms with van der Waals surface area (Å²) in [5.74, 6) is 0.698. The molecular formula is C43H62N2O13. The van der Waals surface area contributed by atoms with Crippen molar-refractivity contribution in [1.29, 1.82) is 0 Å². The summed E-state index contributed by atoms with van der Waals surface area (Å²) in [7, 11) is 0. The molecule has 3 N–H and O–H groups in total. The van der Waals surface area contributed by atoms with Gasteiger partial charge in [0.2, 0.25) is 0 Å². The fourth-order valence-corrected chi connectivity index (χ4v) is 5.78. The molecular weight excluding hydrogens is 752 g/mol. The first-order valence-electron chi connectivity index (χ1n) is 20.1. The molecule has 15 nitrogen and oxygen atoms in total. The van der Waals surface area contributed by atoms with Crippen LogP contribution in [0.4, 0.5) is 10.5 Å². The lowest BCUT2D eigenvalue weighted by atomic mass is 9.98. The third kappa shape index (κ3) is 19.7. The monoisotopic (exact) mass is 814 g/mol. The summed E-state index contributed by atoms with van der Waals surface area (Å²) in [4.78, 5) is 12.3. The van der Waals surface area contributed by atoms with Crippen molar-refractivity contribution in [3.8, 4) is 16.9 Å². The zero-order valence-electron chi connectivity index (χ0n) is 33.7. The van der Waals surface area contributed by atoms with Gasteiger partial charge in [0.15, 0.2) is 0 Å². The van der Waals surface area contributed by atoms with Crippen molar-refractivity contribution in [3.63, 3.8) is 0 Å². The number of anilines is 1. The van der Waals surface area contributed by atoms with E-state index in [2.05, 4.69) is 29.6 Å². The van der Waals surface area contributed by atoms with E-state index in [9.17, 15) is 4.79 Å². The predicted molar refractivity (Wildman–Crippen MR) is 218 cm³/mol. The molecule has 4 rings (SSSR count).